The Morgan fingerprint density at radius 2 is 1.91 bits per heavy atom. The molecule has 8 heteroatoms. The van der Waals surface area contributed by atoms with Gasteiger partial charge in [-0.15, -0.1) is 5.10 Å². The lowest BCUT2D eigenvalue weighted by atomic mass is 10.1. The molecule has 4 aromatic rings. The Hall–Kier alpha value is -3.81. The molecule has 164 valence electrons. The van der Waals surface area contributed by atoms with E-state index in [0.717, 1.165) is 18.4 Å². The number of hydrogen-bond acceptors (Lipinski definition) is 4. The van der Waals surface area contributed by atoms with E-state index in [-0.39, 0.29) is 18.0 Å². The first-order valence-corrected chi connectivity index (χ1v) is 10.6. The third-order valence-corrected chi connectivity index (χ3v) is 5.35. The Labute approximate surface area is 184 Å². The molecule has 0 atom stereocenters. The van der Waals surface area contributed by atoms with Crippen LogP contribution in [-0.4, -0.2) is 25.1 Å². The fourth-order valence-corrected chi connectivity index (χ4v) is 3.66. The lowest BCUT2D eigenvalue weighted by molar-refractivity contribution is -0.116. The van der Waals surface area contributed by atoms with Crippen molar-refractivity contribution >= 4 is 17.4 Å². The SMILES string of the molecule is CCCCc1c(C)n(CC(=O)Nc2cccc(F)c2)c2nc(-c3ccccc3)nn2c1=O. The molecule has 0 bridgehead atoms. The van der Waals surface area contributed by atoms with Crippen LogP contribution in [0.1, 0.15) is 31.0 Å². The highest BCUT2D eigenvalue weighted by Gasteiger charge is 2.20. The second-order valence-electron chi connectivity index (χ2n) is 7.63. The fraction of sp³-hybridized carbons (Fsp3) is 0.250. The molecule has 0 saturated carbocycles. The van der Waals surface area contributed by atoms with Gasteiger partial charge >= 0.3 is 0 Å². The molecule has 0 fully saturated rings. The van der Waals surface area contributed by atoms with E-state index in [1.807, 2.05) is 37.3 Å². The monoisotopic (exact) mass is 433 g/mol. The van der Waals surface area contributed by atoms with Gasteiger partial charge in [-0.2, -0.15) is 9.50 Å². The first-order valence-electron chi connectivity index (χ1n) is 10.6. The number of anilines is 1. The van der Waals surface area contributed by atoms with Crippen molar-refractivity contribution < 1.29 is 9.18 Å². The molecule has 2 aromatic carbocycles. The van der Waals surface area contributed by atoms with Crippen LogP contribution in [0.5, 0.6) is 0 Å². The van der Waals surface area contributed by atoms with E-state index in [1.54, 1.807) is 10.6 Å². The second kappa shape index (κ2) is 9.13. The average molecular weight is 433 g/mol. The molecule has 0 aliphatic rings. The summed E-state index contributed by atoms with van der Waals surface area (Å²) in [5.74, 6) is -0.0819. The molecule has 1 amide bonds. The first kappa shape index (κ1) is 21.4. The Morgan fingerprint density at radius 1 is 1.12 bits per heavy atom. The Bertz CT molecular complexity index is 1330. The van der Waals surface area contributed by atoms with Crippen molar-refractivity contribution in [3.63, 3.8) is 0 Å². The topological polar surface area (TPSA) is 81.3 Å². The minimum Gasteiger partial charge on any atom is -0.324 e. The number of fused-ring (bicyclic) bond motifs is 1. The summed E-state index contributed by atoms with van der Waals surface area (Å²) in [6, 6.07) is 15.1. The van der Waals surface area contributed by atoms with Gasteiger partial charge in [0.15, 0.2) is 5.82 Å². The van der Waals surface area contributed by atoms with E-state index >= 15 is 0 Å². The number of nitrogens with zero attached hydrogens (tertiary/aromatic N) is 4. The van der Waals surface area contributed by atoms with Crippen LogP contribution < -0.4 is 10.9 Å². The van der Waals surface area contributed by atoms with E-state index in [0.29, 0.717) is 35.0 Å². The number of aromatic nitrogens is 4. The van der Waals surface area contributed by atoms with Gasteiger partial charge in [-0.3, -0.25) is 9.59 Å². The number of halogens is 1. The van der Waals surface area contributed by atoms with Gasteiger partial charge in [0.2, 0.25) is 11.7 Å². The van der Waals surface area contributed by atoms with Crippen molar-refractivity contribution in [2.24, 2.45) is 0 Å². The van der Waals surface area contributed by atoms with Gasteiger partial charge in [-0.05, 0) is 38.0 Å². The highest BCUT2D eigenvalue weighted by Crippen LogP contribution is 2.18. The summed E-state index contributed by atoms with van der Waals surface area (Å²) in [7, 11) is 0. The summed E-state index contributed by atoms with van der Waals surface area (Å²) < 4.78 is 16.5. The molecule has 0 saturated heterocycles. The largest absolute Gasteiger partial charge is 0.324 e. The summed E-state index contributed by atoms with van der Waals surface area (Å²) in [5, 5.41) is 7.15. The molecule has 7 nitrogen and oxygen atoms in total. The molecule has 0 radical (unpaired) electrons. The van der Waals surface area contributed by atoms with Gasteiger partial charge in [-0.1, -0.05) is 49.7 Å². The molecule has 32 heavy (non-hydrogen) atoms. The van der Waals surface area contributed by atoms with Crippen LogP contribution in [0.2, 0.25) is 0 Å². The van der Waals surface area contributed by atoms with Gasteiger partial charge in [0.05, 0.1) is 0 Å². The molecular formula is C24H24FN5O2. The minimum atomic E-state index is -0.434. The predicted octanol–water partition coefficient (Wildman–Crippen LogP) is 3.99. The summed E-state index contributed by atoms with van der Waals surface area (Å²) in [6.07, 6.45) is 2.37. The Morgan fingerprint density at radius 3 is 2.62 bits per heavy atom. The number of amides is 1. The maximum atomic E-state index is 13.5. The molecule has 2 heterocycles. The number of carbonyl (C=O) groups is 1. The van der Waals surface area contributed by atoms with Crippen LogP contribution in [0.3, 0.4) is 0 Å². The van der Waals surface area contributed by atoms with Gasteiger partial charge in [0.25, 0.3) is 5.56 Å². The average Bonchev–Trinajstić information content (AvgIpc) is 3.23. The highest BCUT2D eigenvalue weighted by molar-refractivity contribution is 5.90. The van der Waals surface area contributed by atoms with Crippen LogP contribution >= 0.6 is 0 Å². The van der Waals surface area contributed by atoms with Crippen molar-refractivity contribution in [1.82, 2.24) is 19.2 Å². The lowest BCUT2D eigenvalue weighted by Gasteiger charge is -2.15. The number of carbonyl (C=O) groups excluding carboxylic acids is 1. The van der Waals surface area contributed by atoms with E-state index < -0.39 is 5.82 Å². The third kappa shape index (κ3) is 4.30. The number of rotatable bonds is 7. The second-order valence-corrected chi connectivity index (χ2v) is 7.63. The summed E-state index contributed by atoms with van der Waals surface area (Å²) >= 11 is 0. The molecular weight excluding hydrogens is 409 g/mol. The quantitative estimate of drug-likeness (QED) is 0.478. The highest BCUT2D eigenvalue weighted by atomic mass is 19.1. The van der Waals surface area contributed by atoms with Crippen LogP contribution in [0.4, 0.5) is 10.1 Å². The molecule has 0 unspecified atom stereocenters. The maximum Gasteiger partial charge on any atom is 0.279 e. The van der Waals surface area contributed by atoms with Crippen LogP contribution in [0.15, 0.2) is 59.4 Å². The predicted molar refractivity (Wildman–Crippen MR) is 121 cm³/mol. The van der Waals surface area contributed by atoms with Gasteiger partial charge in [0.1, 0.15) is 12.4 Å². The van der Waals surface area contributed by atoms with Gasteiger partial charge < -0.3 is 9.88 Å². The number of nitrogens with one attached hydrogen (secondary N) is 1. The van der Waals surface area contributed by atoms with E-state index in [4.69, 9.17) is 0 Å². The van der Waals surface area contributed by atoms with Crippen molar-refractivity contribution in [2.75, 3.05) is 5.32 Å². The molecule has 0 aliphatic carbocycles. The summed E-state index contributed by atoms with van der Waals surface area (Å²) in [4.78, 5) is 30.5. The molecule has 0 spiro atoms. The van der Waals surface area contributed by atoms with Crippen LogP contribution in [0, 0.1) is 12.7 Å². The Kier molecular flexibility index (Phi) is 6.11. The van der Waals surface area contributed by atoms with E-state index in [1.165, 1.54) is 22.7 Å². The van der Waals surface area contributed by atoms with E-state index in [2.05, 4.69) is 22.3 Å². The first-order chi connectivity index (χ1) is 15.5. The van der Waals surface area contributed by atoms with Crippen molar-refractivity contribution in [3.05, 3.63) is 82.0 Å². The third-order valence-electron chi connectivity index (χ3n) is 5.35. The smallest absolute Gasteiger partial charge is 0.279 e. The molecule has 4 rings (SSSR count). The Balaban J connectivity index is 1.79. The standard InChI is InChI=1S/C24H24FN5O2/c1-3-4-13-20-16(2)29(15-21(31)26-19-12-8-11-18(25)14-19)24-27-22(28-30(24)23(20)32)17-9-6-5-7-10-17/h5-12,14H,3-4,13,15H2,1-2H3,(H,26,31). The zero-order valence-corrected chi connectivity index (χ0v) is 18.0. The van der Waals surface area contributed by atoms with Gasteiger partial charge in [-0.25, -0.2) is 4.39 Å². The number of unbranched alkanes of at least 4 members (excludes halogenated alkanes) is 1. The van der Waals surface area contributed by atoms with Crippen LogP contribution in [-0.2, 0) is 17.8 Å². The molecule has 1 N–H and O–H groups in total. The van der Waals surface area contributed by atoms with E-state index in [9.17, 15) is 14.0 Å². The number of benzene rings is 2. The summed E-state index contributed by atoms with van der Waals surface area (Å²) in [6.45, 7) is 3.79. The maximum absolute atomic E-state index is 13.5. The van der Waals surface area contributed by atoms with Crippen molar-refractivity contribution in [1.29, 1.82) is 0 Å². The minimum absolute atomic E-state index is 0.0851. The summed E-state index contributed by atoms with van der Waals surface area (Å²) in [5.41, 5.74) is 2.21. The van der Waals surface area contributed by atoms with Crippen molar-refractivity contribution in [2.45, 2.75) is 39.7 Å². The van der Waals surface area contributed by atoms with Crippen LogP contribution in [0.25, 0.3) is 17.2 Å². The zero-order valence-electron chi connectivity index (χ0n) is 18.0. The number of hydrogen-bond donors (Lipinski definition) is 1. The molecule has 2 aromatic heterocycles. The van der Waals surface area contributed by atoms with Crippen molar-refractivity contribution in [3.8, 4) is 11.4 Å². The van der Waals surface area contributed by atoms with Gasteiger partial charge in [0, 0.05) is 22.5 Å². The zero-order chi connectivity index (χ0) is 22.7. The molecule has 0 aliphatic heterocycles. The fourth-order valence-electron chi connectivity index (χ4n) is 3.66. The lowest BCUT2D eigenvalue weighted by Crippen LogP contribution is -2.29. The normalized spacial score (nSPS) is 11.1.